The minimum atomic E-state index is -0.620. The van der Waals surface area contributed by atoms with Crippen LogP contribution in [0.1, 0.15) is 27.6 Å². The van der Waals surface area contributed by atoms with Gasteiger partial charge in [-0.2, -0.15) is 5.26 Å². The summed E-state index contributed by atoms with van der Waals surface area (Å²) in [5, 5.41) is 9.61. The number of carbonyl (C=O) groups excluding carboxylic acids is 1. The van der Waals surface area contributed by atoms with E-state index in [4.69, 9.17) is 19.6 Å². The van der Waals surface area contributed by atoms with E-state index in [0.717, 1.165) is 15.6 Å². The molecular formula is C21H13BrN2O4. The minimum Gasteiger partial charge on any atom is -0.457 e. The van der Waals surface area contributed by atoms with Gasteiger partial charge in [0.05, 0.1) is 12.2 Å². The van der Waals surface area contributed by atoms with Crippen molar-refractivity contribution in [3.8, 4) is 17.6 Å². The molecule has 1 atom stereocenters. The Balaban J connectivity index is 1.73. The Morgan fingerprint density at radius 3 is 2.75 bits per heavy atom. The number of hydrogen-bond donors (Lipinski definition) is 1. The number of rotatable bonds is 3. The van der Waals surface area contributed by atoms with Crippen molar-refractivity contribution in [2.45, 2.75) is 5.92 Å². The molecule has 1 aliphatic heterocycles. The van der Waals surface area contributed by atoms with Crippen molar-refractivity contribution in [2.24, 2.45) is 5.73 Å². The van der Waals surface area contributed by atoms with E-state index in [1.807, 2.05) is 24.3 Å². The summed E-state index contributed by atoms with van der Waals surface area (Å²) < 4.78 is 16.9. The summed E-state index contributed by atoms with van der Waals surface area (Å²) >= 11 is 3.46. The van der Waals surface area contributed by atoms with E-state index in [2.05, 4.69) is 22.0 Å². The molecule has 6 nitrogen and oxygen atoms in total. The number of nitriles is 1. The first kappa shape index (κ1) is 17.9. The third kappa shape index (κ3) is 3.26. The molecule has 3 aromatic rings. The minimum absolute atomic E-state index is 0.0227. The van der Waals surface area contributed by atoms with Gasteiger partial charge in [0.1, 0.15) is 23.1 Å². The number of esters is 1. The molecule has 28 heavy (non-hydrogen) atoms. The smallest absolute Gasteiger partial charge is 0.379 e. The number of fused-ring (bicyclic) bond motifs is 1. The molecule has 0 saturated heterocycles. The molecule has 0 aliphatic carbocycles. The number of hydrogen-bond acceptors (Lipinski definition) is 6. The maximum atomic E-state index is 12.1. The van der Waals surface area contributed by atoms with Gasteiger partial charge in [-0.05, 0) is 35.9 Å². The zero-order valence-corrected chi connectivity index (χ0v) is 16.0. The van der Waals surface area contributed by atoms with Crippen molar-refractivity contribution in [2.75, 3.05) is 0 Å². The molecule has 0 bridgehead atoms. The van der Waals surface area contributed by atoms with E-state index in [0.29, 0.717) is 11.3 Å². The zero-order valence-electron chi connectivity index (χ0n) is 14.4. The highest BCUT2D eigenvalue weighted by Gasteiger charge is 2.31. The third-order valence-electron chi connectivity index (χ3n) is 4.31. The molecule has 1 aliphatic rings. The molecule has 2 heterocycles. The second-order valence-electron chi connectivity index (χ2n) is 6.05. The Bertz CT molecular complexity index is 1130. The van der Waals surface area contributed by atoms with E-state index in [-0.39, 0.29) is 23.3 Å². The molecule has 0 saturated carbocycles. The molecule has 0 spiro atoms. The van der Waals surface area contributed by atoms with Gasteiger partial charge in [0.15, 0.2) is 0 Å². The van der Waals surface area contributed by atoms with Crippen LogP contribution in [0.5, 0.6) is 11.5 Å². The van der Waals surface area contributed by atoms with Crippen LogP contribution in [-0.4, -0.2) is 5.97 Å². The summed E-state index contributed by atoms with van der Waals surface area (Å²) in [5.41, 5.74) is 7.96. The van der Waals surface area contributed by atoms with Crippen molar-refractivity contribution in [3.63, 3.8) is 0 Å². The summed E-state index contributed by atoms with van der Waals surface area (Å²) in [7, 11) is 0. The molecule has 1 aromatic heterocycles. The van der Waals surface area contributed by atoms with Gasteiger partial charge in [-0.3, -0.25) is 0 Å². The van der Waals surface area contributed by atoms with E-state index in [1.54, 1.807) is 24.3 Å². The lowest BCUT2D eigenvalue weighted by atomic mass is 9.83. The third-order valence-corrected chi connectivity index (χ3v) is 4.80. The van der Waals surface area contributed by atoms with Crippen molar-refractivity contribution in [3.05, 3.63) is 93.7 Å². The summed E-state index contributed by atoms with van der Waals surface area (Å²) in [5.74, 6) is -0.189. The first-order valence-electron chi connectivity index (χ1n) is 8.29. The van der Waals surface area contributed by atoms with Crippen molar-refractivity contribution < 1.29 is 18.7 Å². The average molecular weight is 437 g/mol. The number of ether oxygens (including phenoxy) is 2. The molecule has 0 fully saturated rings. The average Bonchev–Trinajstić information content (AvgIpc) is 3.21. The van der Waals surface area contributed by atoms with E-state index in [9.17, 15) is 10.1 Å². The molecule has 7 heteroatoms. The van der Waals surface area contributed by atoms with Crippen LogP contribution in [0.15, 0.2) is 81.2 Å². The van der Waals surface area contributed by atoms with Gasteiger partial charge >= 0.3 is 5.97 Å². The van der Waals surface area contributed by atoms with Gasteiger partial charge < -0.3 is 19.6 Å². The van der Waals surface area contributed by atoms with Crippen LogP contribution in [0.25, 0.3) is 0 Å². The Kier molecular flexibility index (Phi) is 4.63. The molecular weight excluding hydrogens is 424 g/mol. The monoisotopic (exact) mass is 436 g/mol. The van der Waals surface area contributed by atoms with Gasteiger partial charge in [0.25, 0.3) is 0 Å². The van der Waals surface area contributed by atoms with Gasteiger partial charge in [0.2, 0.25) is 11.6 Å². The molecule has 138 valence electrons. The topological polar surface area (TPSA) is 98.5 Å². The lowest BCUT2D eigenvalue weighted by Crippen LogP contribution is -2.21. The molecule has 0 amide bonds. The lowest BCUT2D eigenvalue weighted by Gasteiger charge is -2.26. The van der Waals surface area contributed by atoms with Gasteiger partial charge in [-0.1, -0.05) is 34.1 Å². The number of allylic oxidation sites excluding steroid dienone is 1. The Hall–Kier alpha value is -3.50. The van der Waals surface area contributed by atoms with Gasteiger partial charge in [-0.15, -0.1) is 0 Å². The molecule has 0 radical (unpaired) electrons. The quantitative estimate of drug-likeness (QED) is 0.479. The van der Waals surface area contributed by atoms with Crippen LogP contribution < -0.4 is 15.2 Å². The number of benzene rings is 2. The summed E-state index contributed by atoms with van der Waals surface area (Å²) in [6.45, 7) is 0. The van der Waals surface area contributed by atoms with Crippen molar-refractivity contribution in [1.82, 2.24) is 0 Å². The molecule has 2 N–H and O–H groups in total. The number of nitrogens with zero attached hydrogens (tertiary/aromatic N) is 1. The maximum absolute atomic E-state index is 12.1. The predicted molar refractivity (Wildman–Crippen MR) is 104 cm³/mol. The first-order valence-corrected chi connectivity index (χ1v) is 9.09. The molecule has 1 unspecified atom stereocenters. The second kappa shape index (κ2) is 7.25. The molecule has 2 aromatic carbocycles. The fourth-order valence-electron chi connectivity index (χ4n) is 3.08. The second-order valence-corrected chi connectivity index (χ2v) is 6.96. The molecule has 4 rings (SSSR count). The number of nitrogens with two attached hydrogens (primary N) is 1. The highest BCUT2D eigenvalue weighted by atomic mass is 79.9. The van der Waals surface area contributed by atoms with Gasteiger partial charge in [0, 0.05) is 16.1 Å². The number of halogens is 1. The highest BCUT2D eigenvalue weighted by molar-refractivity contribution is 9.10. The number of carbonyl (C=O) groups is 1. The van der Waals surface area contributed by atoms with Crippen molar-refractivity contribution >= 4 is 21.9 Å². The van der Waals surface area contributed by atoms with Crippen LogP contribution in [-0.2, 0) is 0 Å². The van der Waals surface area contributed by atoms with Crippen LogP contribution in [0, 0.1) is 11.3 Å². The Labute approximate surface area is 168 Å². The van der Waals surface area contributed by atoms with Crippen LogP contribution in [0.4, 0.5) is 0 Å². The van der Waals surface area contributed by atoms with Gasteiger partial charge in [-0.25, -0.2) is 4.79 Å². The highest BCUT2D eigenvalue weighted by Crippen LogP contribution is 2.43. The fourth-order valence-corrected chi connectivity index (χ4v) is 3.50. The first-order chi connectivity index (χ1) is 13.6. The normalized spacial score (nSPS) is 15.4. The zero-order chi connectivity index (χ0) is 19.7. The largest absolute Gasteiger partial charge is 0.457 e. The van der Waals surface area contributed by atoms with E-state index >= 15 is 0 Å². The van der Waals surface area contributed by atoms with E-state index in [1.165, 1.54) is 12.3 Å². The summed E-state index contributed by atoms with van der Waals surface area (Å²) in [6.07, 6.45) is 1.39. The Morgan fingerprint density at radius 2 is 2.04 bits per heavy atom. The van der Waals surface area contributed by atoms with Crippen LogP contribution in [0.2, 0.25) is 0 Å². The van der Waals surface area contributed by atoms with Crippen LogP contribution >= 0.6 is 15.9 Å². The SMILES string of the molecule is N#CC1=C(N)Oc2cc(OC(=O)c3ccco3)ccc2C1c1cccc(Br)c1. The predicted octanol–water partition coefficient (Wildman–Crippen LogP) is 4.48. The van der Waals surface area contributed by atoms with E-state index < -0.39 is 5.97 Å². The maximum Gasteiger partial charge on any atom is 0.379 e. The Morgan fingerprint density at radius 1 is 1.18 bits per heavy atom. The number of furan rings is 1. The summed E-state index contributed by atoms with van der Waals surface area (Å²) in [4.78, 5) is 12.1. The van der Waals surface area contributed by atoms with Crippen LogP contribution in [0.3, 0.4) is 0 Å². The standard InChI is InChI=1S/C21H13BrN2O4/c22-13-4-1-3-12(9-13)19-15-7-6-14(27-21(25)17-5-2-8-26-17)10-18(15)28-20(24)16(19)11-23/h1-10,19H,24H2. The fraction of sp³-hybridized carbons (Fsp3) is 0.0476. The lowest BCUT2D eigenvalue weighted by molar-refractivity contribution is 0.0701. The summed E-state index contributed by atoms with van der Waals surface area (Å²) in [6, 6.07) is 17.9. The van der Waals surface area contributed by atoms with Crippen molar-refractivity contribution in [1.29, 1.82) is 5.26 Å².